The number of carbonyl (C=O) groups is 1. The van der Waals surface area contributed by atoms with Crippen LogP contribution < -0.4 is 5.32 Å². The fraction of sp³-hybridized carbons (Fsp3) is 0.111. The summed E-state index contributed by atoms with van der Waals surface area (Å²) in [6.07, 6.45) is 1.04. The third-order valence-corrected chi connectivity index (χ3v) is 4.10. The molecule has 3 heterocycles. The number of pyridine rings is 1. The Balaban J connectivity index is 1.44. The summed E-state index contributed by atoms with van der Waals surface area (Å²) in [5.41, 5.74) is -0.494. The van der Waals surface area contributed by atoms with Gasteiger partial charge in [0.1, 0.15) is 12.7 Å². The van der Waals surface area contributed by atoms with Gasteiger partial charge in [0.15, 0.2) is 11.5 Å². The van der Waals surface area contributed by atoms with E-state index < -0.39 is 17.6 Å². The summed E-state index contributed by atoms with van der Waals surface area (Å²) >= 11 is 0. The molecule has 4 rings (SSSR count). The third-order valence-electron chi connectivity index (χ3n) is 4.10. The van der Waals surface area contributed by atoms with Crippen LogP contribution in [-0.4, -0.2) is 40.6 Å². The van der Waals surface area contributed by atoms with E-state index in [9.17, 15) is 18.0 Å². The highest BCUT2D eigenvalue weighted by molar-refractivity contribution is 5.91. The van der Waals surface area contributed by atoms with Crippen LogP contribution in [0.5, 0.6) is 0 Å². The summed E-state index contributed by atoms with van der Waals surface area (Å²) in [4.78, 5) is 20.4. The van der Waals surface area contributed by atoms with Crippen molar-refractivity contribution in [2.45, 2.75) is 12.7 Å². The lowest BCUT2D eigenvalue weighted by Gasteiger charge is -2.11. The second-order valence-electron chi connectivity index (χ2n) is 6.11. The monoisotopic (exact) mass is 414 g/mol. The highest BCUT2D eigenvalue weighted by Gasteiger charge is 2.34. The van der Waals surface area contributed by atoms with Crippen LogP contribution in [0.15, 0.2) is 61.4 Å². The van der Waals surface area contributed by atoms with E-state index in [1.165, 1.54) is 35.5 Å². The van der Waals surface area contributed by atoms with Crippen molar-refractivity contribution in [3.63, 3.8) is 0 Å². The van der Waals surface area contributed by atoms with E-state index in [-0.39, 0.29) is 17.9 Å². The lowest BCUT2D eigenvalue weighted by molar-refractivity contribution is -0.137. The van der Waals surface area contributed by atoms with E-state index in [1.807, 2.05) is 0 Å². The Morgan fingerprint density at radius 1 is 1.10 bits per heavy atom. The van der Waals surface area contributed by atoms with E-state index in [4.69, 9.17) is 0 Å². The van der Waals surface area contributed by atoms with E-state index in [0.29, 0.717) is 11.4 Å². The minimum atomic E-state index is -4.56. The fourth-order valence-corrected chi connectivity index (χ4v) is 2.65. The summed E-state index contributed by atoms with van der Waals surface area (Å²) in [7, 11) is 0. The summed E-state index contributed by atoms with van der Waals surface area (Å²) in [5, 5.41) is 13.9. The molecule has 1 aromatic carbocycles. The van der Waals surface area contributed by atoms with Crippen molar-refractivity contribution in [2.75, 3.05) is 0 Å². The molecule has 0 saturated carbocycles. The number of nitrogens with one attached hydrogen (secondary N) is 1. The Morgan fingerprint density at radius 3 is 2.63 bits per heavy atom. The molecule has 0 fully saturated rings. The molecule has 152 valence electrons. The van der Waals surface area contributed by atoms with Crippen LogP contribution in [0, 0.1) is 0 Å². The maximum atomic E-state index is 13.2. The molecule has 0 aliphatic rings. The van der Waals surface area contributed by atoms with Crippen molar-refractivity contribution in [1.82, 2.24) is 40.1 Å². The second-order valence-corrected chi connectivity index (χ2v) is 6.11. The first-order chi connectivity index (χ1) is 14.4. The predicted octanol–water partition coefficient (Wildman–Crippen LogP) is 2.19. The van der Waals surface area contributed by atoms with Crippen LogP contribution in [0.2, 0.25) is 0 Å². The summed E-state index contributed by atoms with van der Waals surface area (Å²) in [6, 6.07) is 8.37. The van der Waals surface area contributed by atoms with Gasteiger partial charge in [-0.05, 0) is 23.8 Å². The molecule has 0 unspecified atom stereocenters. The highest BCUT2D eigenvalue weighted by Crippen LogP contribution is 2.33. The largest absolute Gasteiger partial charge is 0.418 e. The maximum absolute atomic E-state index is 13.2. The molecule has 0 aliphatic heterocycles. The smallest absolute Gasteiger partial charge is 0.346 e. The topological polar surface area (TPSA) is 103 Å². The van der Waals surface area contributed by atoms with Gasteiger partial charge in [-0.2, -0.15) is 18.3 Å². The van der Waals surface area contributed by atoms with E-state index in [1.54, 1.807) is 18.3 Å². The Hall–Kier alpha value is -4.09. The van der Waals surface area contributed by atoms with Crippen LogP contribution in [0.25, 0.3) is 11.5 Å². The van der Waals surface area contributed by atoms with E-state index in [2.05, 4.69) is 30.7 Å². The number of alkyl halides is 3. The number of aromatic nitrogens is 7. The molecule has 30 heavy (non-hydrogen) atoms. The highest BCUT2D eigenvalue weighted by atomic mass is 19.4. The molecule has 1 N–H and O–H groups in total. The molecule has 3 aromatic heterocycles. The first kappa shape index (κ1) is 19.2. The number of amides is 1. The van der Waals surface area contributed by atoms with Crippen LogP contribution in [0.3, 0.4) is 0 Å². The average molecular weight is 414 g/mol. The van der Waals surface area contributed by atoms with Gasteiger partial charge in [0.25, 0.3) is 5.91 Å². The van der Waals surface area contributed by atoms with E-state index >= 15 is 0 Å². The molecule has 0 saturated heterocycles. The van der Waals surface area contributed by atoms with Gasteiger partial charge in [0, 0.05) is 12.7 Å². The first-order valence-electron chi connectivity index (χ1n) is 8.59. The van der Waals surface area contributed by atoms with Gasteiger partial charge in [-0.25, -0.2) is 19.3 Å². The lowest BCUT2D eigenvalue weighted by Crippen LogP contribution is -2.23. The zero-order valence-corrected chi connectivity index (χ0v) is 15.2. The van der Waals surface area contributed by atoms with Gasteiger partial charge >= 0.3 is 6.18 Å². The summed E-state index contributed by atoms with van der Waals surface area (Å²) in [5.74, 6) is -0.0139. The Morgan fingerprint density at radius 2 is 1.93 bits per heavy atom. The number of rotatable bonds is 5. The van der Waals surface area contributed by atoms with Crippen molar-refractivity contribution in [1.29, 1.82) is 0 Å². The van der Waals surface area contributed by atoms with Crippen molar-refractivity contribution >= 4 is 5.91 Å². The Kier molecular flexibility index (Phi) is 4.96. The molecule has 0 radical (unpaired) electrons. The third kappa shape index (κ3) is 4.01. The van der Waals surface area contributed by atoms with Gasteiger partial charge in [-0.15, -0.1) is 5.10 Å². The minimum absolute atomic E-state index is 0.112. The summed E-state index contributed by atoms with van der Waals surface area (Å²) < 4.78 is 41.9. The normalized spacial score (nSPS) is 11.4. The number of halogens is 3. The van der Waals surface area contributed by atoms with Crippen LogP contribution >= 0.6 is 0 Å². The number of benzene rings is 1. The molecule has 12 heteroatoms. The maximum Gasteiger partial charge on any atom is 0.418 e. The zero-order chi connectivity index (χ0) is 21.1. The van der Waals surface area contributed by atoms with E-state index in [0.717, 1.165) is 16.9 Å². The standard InChI is InChI=1S/C18H13F3N8O/c19-18(20,21)13-3-1-2-4-15(13)28-9-14(26-27-28)17(30)24-8-12-5-6-16(23-7-12)29-11-22-10-25-29/h1-7,9-11H,8H2,(H,24,30). The molecule has 4 aromatic rings. The van der Waals surface area contributed by atoms with Gasteiger partial charge in [-0.3, -0.25) is 4.79 Å². The predicted molar refractivity (Wildman–Crippen MR) is 96.7 cm³/mol. The number of hydrogen-bond acceptors (Lipinski definition) is 6. The van der Waals surface area contributed by atoms with Gasteiger partial charge in [0.05, 0.1) is 17.4 Å². The van der Waals surface area contributed by atoms with Crippen LogP contribution in [0.4, 0.5) is 13.2 Å². The van der Waals surface area contributed by atoms with Crippen LogP contribution in [0.1, 0.15) is 21.6 Å². The van der Waals surface area contributed by atoms with Crippen LogP contribution in [-0.2, 0) is 12.7 Å². The quantitative estimate of drug-likeness (QED) is 0.537. The van der Waals surface area contributed by atoms with Gasteiger partial charge in [0.2, 0.25) is 0 Å². The SMILES string of the molecule is O=C(NCc1ccc(-n2cncn2)nc1)c1cn(-c2ccccc2C(F)(F)F)nn1. The Bertz CT molecular complexity index is 1150. The molecule has 0 aliphatic carbocycles. The molecular weight excluding hydrogens is 401 g/mol. The van der Waals surface area contributed by atoms with Crippen molar-refractivity contribution in [3.05, 3.63) is 78.3 Å². The molecular formula is C18H13F3N8O. The van der Waals surface area contributed by atoms with Crippen molar-refractivity contribution in [2.24, 2.45) is 0 Å². The number of para-hydroxylation sites is 1. The fourth-order valence-electron chi connectivity index (χ4n) is 2.65. The zero-order valence-electron chi connectivity index (χ0n) is 15.2. The van der Waals surface area contributed by atoms with Crippen molar-refractivity contribution < 1.29 is 18.0 Å². The molecule has 0 atom stereocenters. The van der Waals surface area contributed by atoms with Gasteiger partial charge < -0.3 is 5.32 Å². The average Bonchev–Trinajstić information content (AvgIpc) is 3.44. The number of hydrogen-bond donors (Lipinski definition) is 1. The second kappa shape index (κ2) is 7.73. The number of carbonyl (C=O) groups excluding carboxylic acids is 1. The minimum Gasteiger partial charge on any atom is -0.346 e. The van der Waals surface area contributed by atoms with Gasteiger partial charge in [-0.1, -0.05) is 23.4 Å². The van der Waals surface area contributed by atoms with Crippen molar-refractivity contribution in [3.8, 4) is 11.5 Å². The first-order valence-corrected chi connectivity index (χ1v) is 8.59. The molecule has 9 nitrogen and oxygen atoms in total. The Labute approximate surface area is 167 Å². The molecule has 0 bridgehead atoms. The number of nitrogens with zero attached hydrogens (tertiary/aromatic N) is 7. The molecule has 1 amide bonds. The molecule has 0 spiro atoms. The summed E-state index contributed by atoms with van der Waals surface area (Å²) in [6.45, 7) is 0.148. The lowest BCUT2D eigenvalue weighted by atomic mass is 10.1.